The minimum atomic E-state index is -3.87. The first-order valence-corrected chi connectivity index (χ1v) is 7.27. The van der Waals surface area contributed by atoms with E-state index in [9.17, 15) is 18.5 Å². The number of hydrogen-bond acceptors (Lipinski definition) is 5. The predicted molar refractivity (Wildman–Crippen MR) is 76.2 cm³/mol. The van der Waals surface area contributed by atoms with Gasteiger partial charge in [0, 0.05) is 25.2 Å². The van der Waals surface area contributed by atoms with E-state index in [1.807, 2.05) is 6.92 Å². The van der Waals surface area contributed by atoms with Gasteiger partial charge in [-0.3, -0.25) is 10.1 Å². The van der Waals surface area contributed by atoms with Crippen LogP contribution < -0.4 is 5.73 Å². The van der Waals surface area contributed by atoms with Crippen molar-refractivity contribution in [2.75, 3.05) is 13.1 Å². The summed E-state index contributed by atoms with van der Waals surface area (Å²) in [5.41, 5.74) is 5.39. The molecule has 0 radical (unpaired) electrons. The molecular formula is C11H16ClN3O4S. The predicted octanol–water partition coefficient (Wildman–Crippen LogP) is 0.984. The van der Waals surface area contributed by atoms with Crippen LogP contribution in [0.15, 0.2) is 29.2 Å². The van der Waals surface area contributed by atoms with Crippen molar-refractivity contribution in [3.8, 4) is 0 Å². The van der Waals surface area contributed by atoms with Crippen LogP contribution in [-0.2, 0) is 10.0 Å². The Balaban J connectivity index is 0.00000200. The highest BCUT2D eigenvalue weighted by molar-refractivity contribution is 7.89. The zero-order valence-corrected chi connectivity index (χ0v) is 12.4. The lowest BCUT2D eigenvalue weighted by Crippen LogP contribution is -2.32. The van der Waals surface area contributed by atoms with Gasteiger partial charge in [0.25, 0.3) is 5.69 Å². The van der Waals surface area contributed by atoms with Gasteiger partial charge in [0.1, 0.15) is 0 Å². The first kappa shape index (κ1) is 16.8. The molecule has 2 N–H and O–H groups in total. The quantitative estimate of drug-likeness (QED) is 0.659. The summed E-state index contributed by atoms with van der Waals surface area (Å²) in [6.45, 7) is 2.34. The van der Waals surface area contributed by atoms with E-state index in [4.69, 9.17) is 5.73 Å². The molecule has 2 atom stereocenters. The average Bonchev–Trinajstić information content (AvgIpc) is 2.70. The molecule has 0 aromatic heterocycles. The van der Waals surface area contributed by atoms with Crippen LogP contribution in [0.5, 0.6) is 0 Å². The Morgan fingerprint density at radius 1 is 1.35 bits per heavy atom. The lowest BCUT2D eigenvalue weighted by atomic mass is 10.1. The molecule has 1 aliphatic heterocycles. The number of para-hydroxylation sites is 1. The standard InChI is InChI=1S/C11H15N3O4S.ClH/c1-8-6-13(7-9(8)12)19(17,18)11-5-3-2-4-10(11)14(15)16;/h2-5,8-9H,6-7,12H2,1H3;1H. The lowest BCUT2D eigenvalue weighted by molar-refractivity contribution is -0.387. The van der Waals surface area contributed by atoms with Gasteiger partial charge in [-0.2, -0.15) is 4.31 Å². The molecule has 1 saturated heterocycles. The van der Waals surface area contributed by atoms with Gasteiger partial charge >= 0.3 is 0 Å². The number of rotatable bonds is 3. The molecule has 0 saturated carbocycles. The molecule has 2 rings (SSSR count). The molecule has 0 aliphatic carbocycles. The van der Waals surface area contributed by atoms with Gasteiger partial charge in [-0.25, -0.2) is 8.42 Å². The summed E-state index contributed by atoms with van der Waals surface area (Å²) >= 11 is 0. The molecule has 7 nitrogen and oxygen atoms in total. The number of sulfonamides is 1. The second-order valence-corrected chi connectivity index (χ2v) is 6.59. The maximum Gasteiger partial charge on any atom is 0.289 e. The number of hydrogen-bond donors (Lipinski definition) is 1. The minimum Gasteiger partial charge on any atom is -0.326 e. The maximum atomic E-state index is 12.4. The zero-order valence-electron chi connectivity index (χ0n) is 10.8. The zero-order chi connectivity index (χ0) is 14.2. The van der Waals surface area contributed by atoms with E-state index in [-0.39, 0.29) is 42.4 Å². The van der Waals surface area contributed by atoms with Crippen LogP contribution in [-0.4, -0.2) is 36.8 Å². The number of nitrogens with two attached hydrogens (primary N) is 1. The van der Waals surface area contributed by atoms with Gasteiger partial charge < -0.3 is 5.73 Å². The second-order valence-electron chi connectivity index (χ2n) is 4.69. The fourth-order valence-corrected chi connectivity index (χ4v) is 3.84. The number of nitrogens with zero attached hydrogens (tertiary/aromatic N) is 2. The number of nitro groups is 1. The van der Waals surface area contributed by atoms with Crippen LogP contribution in [0, 0.1) is 16.0 Å². The van der Waals surface area contributed by atoms with Gasteiger partial charge in [-0.1, -0.05) is 19.1 Å². The largest absolute Gasteiger partial charge is 0.326 e. The number of benzene rings is 1. The number of nitro benzene ring substituents is 1. The smallest absolute Gasteiger partial charge is 0.289 e. The highest BCUT2D eigenvalue weighted by Gasteiger charge is 2.38. The Morgan fingerprint density at radius 2 is 1.95 bits per heavy atom. The van der Waals surface area contributed by atoms with Crippen LogP contribution in [0.1, 0.15) is 6.92 Å². The summed E-state index contributed by atoms with van der Waals surface area (Å²) in [5.74, 6) is 0.0394. The molecule has 20 heavy (non-hydrogen) atoms. The van der Waals surface area contributed by atoms with Gasteiger partial charge in [0.05, 0.1) is 4.92 Å². The maximum absolute atomic E-state index is 12.4. The molecule has 1 fully saturated rings. The van der Waals surface area contributed by atoms with E-state index in [0.717, 1.165) is 0 Å². The molecule has 1 aliphatic rings. The van der Waals surface area contributed by atoms with Crippen molar-refractivity contribution < 1.29 is 13.3 Å². The van der Waals surface area contributed by atoms with Gasteiger partial charge in [-0.15, -0.1) is 12.4 Å². The number of halogens is 1. The second kappa shape index (κ2) is 6.04. The van der Waals surface area contributed by atoms with Crippen LogP contribution in [0.4, 0.5) is 5.69 Å². The van der Waals surface area contributed by atoms with Gasteiger partial charge in [0.2, 0.25) is 10.0 Å². The summed E-state index contributed by atoms with van der Waals surface area (Å²) in [7, 11) is -3.87. The molecule has 1 aromatic carbocycles. The third-order valence-corrected chi connectivity index (χ3v) is 5.20. The van der Waals surface area contributed by atoms with Crippen LogP contribution in [0.25, 0.3) is 0 Å². The Morgan fingerprint density at radius 3 is 2.45 bits per heavy atom. The van der Waals surface area contributed by atoms with Crippen molar-refractivity contribution in [2.45, 2.75) is 17.9 Å². The van der Waals surface area contributed by atoms with E-state index in [1.54, 1.807) is 0 Å². The molecule has 1 heterocycles. The monoisotopic (exact) mass is 321 g/mol. The Kier molecular flexibility index (Phi) is 5.09. The highest BCUT2D eigenvalue weighted by atomic mass is 35.5. The fraction of sp³-hybridized carbons (Fsp3) is 0.455. The molecule has 0 spiro atoms. The van der Waals surface area contributed by atoms with E-state index >= 15 is 0 Å². The summed E-state index contributed by atoms with van der Waals surface area (Å²) in [6.07, 6.45) is 0. The van der Waals surface area contributed by atoms with Crippen molar-refractivity contribution in [3.63, 3.8) is 0 Å². The molecule has 2 unspecified atom stereocenters. The molecule has 0 bridgehead atoms. The first-order valence-electron chi connectivity index (χ1n) is 5.83. The summed E-state index contributed by atoms with van der Waals surface area (Å²) in [6, 6.07) is 5.11. The van der Waals surface area contributed by atoms with E-state index in [2.05, 4.69) is 0 Å². The molecule has 9 heteroatoms. The van der Waals surface area contributed by atoms with Crippen molar-refractivity contribution >= 4 is 28.1 Å². The van der Waals surface area contributed by atoms with Crippen LogP contribution >= 0.6 is 12.4 Å². The summed E-state index contributed by atoms with van der Waals surface area (Å²) in [4.78, 5) is 9.95. The topological polar surface area (TPSA) is 107 Å². The average molecular weight is 322 g/mol. The van der Waals surface area contributed by atoms with Crippen molar-refractivity contribution in [1.82, 2.24) is 4.31 Å². The van der Waals surface area contributed by atoms with Crippen molar-refractivity contribution in [2.24, 2.45) is 11.7 Å². The fourth-order valence-electron chi connectivity index (χ4n) is 2.11. The van der Waals surface area contributed by atoms with E-state index in [0.29, 0.717) is 0 Å². The minimum absolute atomic E-state index is 0. The van der Waals surface area contributed by atoms with Crippen LogP contribution in [0.3, 0.4) is 0 Å². The Hall–Kier alpha value is -1.22. The van der Waals surface area contributed by atoms with Crippen molar-refractivity contribution in [3.05, 3.63) is 34.4 Å². The SMILES string of the molecule is CC1CN(S(=O)(=O)c2ccccc2[N+](=O)[O-])CC1N.Cl. The molecular weight excluding hydrogens is 306 g/mol. The first-order chi connectivity index (χ1) is 8.84. The Labute approximate surface area is 123 Å². The van der Waals surface area contributed by atoms with Crippen molar-refractivity contribution in [1.29, 1.82) is 0 Å². The molecule has 112 valence electrons. The summed E-state index contributed by atoms with van der Waals surface area (Å²) in [5, 5.41) is 10.9. The van der Waals surface area contributed by atoms with E-state index in [1.165, 1.54) is 28.6 Å². The highest BCUT2D eigenvalue weighted by Crippen LogP contribution is 2.29. The van der Waals surface area contributed by atoms with Crippen LogP contribution in [0.2, 0.25) is 0 Å². The summed E-state index contributed by atoms with van der Waals surface area (Å²) < 4.78 is 26.0. The lowest BCUT2D eigenvalue weighted by Gasteiger charge is -2.15. The third kappa shape index (κ3) is 2.93. The van der Waals surface area contributed by atoms with E-state index < -0.39 is 20.6 Å². The third-order valence-electron chi connectivity index (χ3n) is 3.32. The Bertz CT molecular complexity index is 597. The molecule has 0 amide bonds. The van der Waals surface area contributed by atoms with Gasteiger partial charge in [-0.05, 0) is 12.0 Å². The van der Waals surface area contributed by atoms with Gasteiger partial charge in [0.15, 0.2) is 4.90 Å². The normalized spacial score (nSPS) is 23.3. The molecule has 1 aromatic rings.